The van der Waals surface area contributed by atoms with Gasteiger partial charge in [-0.1, -0.05) is 6.07 Å². The lowest BCUT2D eigenvalue weighted by molar-refractivity contribution is 0.102. The van der Waals surface area contributed by atoms with E-state index in [9.17, 15) is 9.59 Å². The van der Waals surface area contributed by atoms with E-state index in [0.29, 0.717) is 36.7 Å². The van der Waals surface area contributed by atoms with Gasteiger partial charge in [-0.05, 0) is 37.6 Å². The van der Waals surface area contributed by atoms with Crippen LogP contribution in [0, 0.1) is 0 Å². The van der Waals surface area contributed by atoms with Crippen LogP contribution in [0.1, 0.15) is 23.7 Å². The normalized spacial score (nSPS) is 10.2. The highest BCUT2D eigenvalue weighted by Crippen LogP contribution is 2.16. The number of benzene rings is 1. The van der Waals surface area contributed by atoms with Crippen molar-refractivity contribution in [2.75, 3.05) is 30.4 Å². The summed E-state index contributed by atoms with van der Waals surface area (Å²) in [5.41, 5.74) is 1.60. The first kappa shape index (κ1) is 17.6. The molecule has 0 saturated heterocycles. The molecule has 1 heterocycles. The lowest BCUT2D eigenvalue weighted by Crippen LogP contribution is -2.30. The number of anilines is 2. The van der Waals surface area contributed by atoms with Crippen LogP contribution in [0.5, 0.6) is 0 Å². The Morgan fingerprint density at radius 1 is 1.17 bits per heavy atom. The molecular weight excluding hydrogens is 310 g/mol. The molecule has 0 atom stereocenters. The van der Waals surface area contributed by atoms with Crippen molar-refractivity contribution >= 4 is 23.3 Å². The molecule has 0 spiro atoms. The van der Waals surface area contributed by atoms with Gasteiger partial charge in [0.2, 0.25) is 0 Å². The first-order chi connectivity index (χ1) is 11.7. The third-order valence-electron chi connectivity index (χ3n) is 3.12. The Hall–Kier alpha value is -2.80. The zero-order valence-corrected chi connectivity index (χ0v) is 13.5. The Kier molecular flexibility index (Phi) is 6.85. The highest BCUT2D eigenvalue weighted by atomic mass is 16.5. The monoisotopic (exact) mass is 331 g/mol. The van der Waals surface area contributed by atoms with Gasteiger partial charge in [-0.15, -0.1) is 0 Å². The van der Waals surface area contributed by atoms with Crippen LogP contribution in [-0.2, 0) is 4.74 Å². The summed E-state index contributed by atoms with van der Waals surface area (Å²) < 4.78 is 10.1. The predicted octanol–water partition coefficient (Wildman–Crippen LogP) is 3.08. The van der Waals surface area contributed by atoms with E-state index < -0.39 is 0 Å². The molecule has 0 saturated carbocycles. The second-order valence-corrected chi connectivity index (χ2v) is 4.98. The molecule has 0 unspecified atom stereocenters. The molecule has 2 aromatic rings. The number of nitrogens with one attached hydrogen (secondary N) is 3. The number of furan rings is 1. The average Bonchev–Trinajstić information content (AvgIpc) is 3.09. The van der Waals surface area contributed by atoms with Crippen molar-refractivity contribution in [2.45, 2.75) is 13.3 Å². The zero-order chi connectivity index (χ0) is 17.2. The quantitative estimate of drug-likeness (QED) is 0.648. The summed E-state index contributed by atoms with van der Waals surface area (Å²) in [7, 11) is 0. The zero-order valence-electron chi connectivity index (χ0n) is 13.5. The van der Waals surface area contributed by atoms with Crippen LogP contribution in [0.4, 0.5) is 16.2 Å². The van der Waals surface area contributed by atoms with Crippen LogP contribution in [-0.4, -0.2) is 31.7 Å². The van der Waals surface area contributed by atoms with Gasteiger partial charge in [0.25, 0.3) is 5.91 Å². The Labute approximate surface area is 140 Å². The van der Waals surface area contributed by atoms with Crippen LogP contribution in [0.25, 0.3) is 0 Å². The van der Waals surface area contributed by atoms with Crippen LogP contribution < -0.4 is 16.0 Å². The molecule has 7 heteroatoms. The molecule has 1 aromatic carbocycles. The van der Waals surface area contributed by atoms with Gasteiger partial charge in [-0.3, -0.25) is 4.79 Å². The van der Waals surface area contributed by atoms with Crippen LogP contribution >= 0.6 is 0 Å². The maximum atomic E-state index is 12.0. The van der Waals surface area contributed by atoms with Gasteiger partial charge >= 0.3 is 6.03 Å². The third-order valence-corrected chi connectivity index (χ3v) is 3.12. The van der Waals surface area contributed by atoms with Crippen LogP contribution in [0.3, 0.4) is 0 Å². The Morgan fingerprint density at radius 3 is 2.67 bits per heavy atom. The Balaban J connectivity index is 1.81. The lowest BCUT2D eigenvalue weighted by Gasteiger charge is -2.09. The highest BCUT2D eigenvalue weighted by molar-refractivity contribution is 6.04. The topological polar surface area (TPSA) is 92.6 Å². The second-order valence-electron chi connectivity index (χ2n) is 4.98. The van der Waals surface area contributed by atoms with Gasteiger partial charge in [-0.2, -0.15) is 0 Å². The number of amides is 3. The SMILES string of the molecule is CCOCCCNC(=O)Nc1cccc(NC(=O)c2ccoc2)c1. The number of carbonyl (C=O) groups excluding carboxylic acids is 2. The molecule has 0 aliphatic rings. The summed E-state index contributed by atoms with van der Waals surface area (Å²) in [4.78, 5) is 23.8. The second kappa shape index (κ2) is 9.36. The van der Waals surface area contributed by atoms with E-state index in [1.165, 1.54) is 12.5 Å². The molecule has 1 aromatic heterocycles. The molecule has 0 bridgehead atoms. The fourth-order valence-electron chi connectivity index (χ4n) is 1.97. The van der Waals surface area contributed by atoms with E-state index in [1.807, 2.05) is 6.92 Å². The molecular formula is C17H21N3O4. The summed E-state index contributed by atoms with van der Waals surface area (Å²) in [6.07, 6.45) is 3.55. The van der Waals surface area contributed by atoms with Crippen molar-refractivity contribution in [2.24, 2.45) is 0 Å². The minimum Gasteiger partial charge on any atom is -0.472 e. The molecule has 0 aliphatic heterocycles. The Morgan fingerprint density at radius 2 is 1.96 bits per heavy atom. The number of hydrogen-bond acceptors (Lipinski definition) is 4. The first-order valence-corrected chi connectivity index (χ1v) is 7.75. The maximum Gasteiger partial charge on any atom is 0.319 e. The third kappa shape index (κ3) is 5.77. The molecule has 7 nitrogen and oxygen atoms in total. The summed E-state index contributed by atoms with van der Waals surface area (Å²) in [5.74, 6) is -0.277. The van der Waals surface area contributed by atoms with E-state index in [-0.39, 0.29) is 11.9 Å². The summed E-state index contributed by atoms with van der Waals surface area (Å²) in [6.45, 7) is 3.75. The van der Waals surface area contributed by atoms with Crippen LogP contribution in [0.15, 0.2) is 47.3 Å². The molecule has 128 valence electrons. The van der Waals surface area contributed by atoms with E-state index in [1.54, 1.807) is 30.3 Å². The van der Waals surface area contributed by atoms with Crippen molar-refractivity contribution in [3.63, 3.8) is 0 Å². The van der Waals surface area contributed by atoms with E-state index in [2.05, 4.69) is 16.0 Å². The lowest BCUT2D eigenvalue weighted by atomic mass is 10.2. The van der Waals surface area contributed by atoms with E-state index >= 15 is 0 Å². The predicted molar refractivity (Wildman–Crippen MR) is 91.2 cm³/mol. The first-order valence-electron chi connectivity index (χ1n) is 7.75. The average molecular weight is 331 g/mol. The van der Waals surface area contributed by atoms with Crippen molar-refractivity contribution < 1.29 is 18.7 Å². The number of rotatable bonds is 8. The number of urea groups is 1. The van der Waals surface area contributed by atoms with Gasteiger partial charge in [0.05, 0.1) is 11.8 Å². The molecule has 3 amide bonds. The van der Waals surface area contributed by atoms with Gasteiger partial charge in [-0.25, -0.2) is 4.79 Å². The Bertz CT molecular complexity index is 656. The van der Waals surface area contributed by atoms with E-state index in [0.717, 1.165) is 6.42 Å². The standard InChI is InChI=1S/C17H21N3O4/c1-2-23-9-4-8-18-17(22)20-15-6-3-5-14(11-15)19-16(21)13-7-10-24-12-13/h3,5-7,10-12H,2,4,8-9H2,1H3,(H,19,21)(H2,18,20,22). The largest absolute Gasteiger partial charge is 0.472 e. The summed E-state index contributed by atoms with van der Waals surface area (Å²) in [5, 5.41) is 8.20. The van der Waals surface area contributed by atoms with Crippen molar-refractivity contribution in [1.82, 2.24) is 5.32 Å². The molecule has 2 rings (SSSR count). The number of carbonyl (C=O) groups is 2. The smallest absolute Gasteiger partial charge is 0.319 e. The number of hydrogen-bond donors (Lipinski definition) is 3. The van der Waals surface area contributed by atoms with E-state index in [4.69, 9.17) is 9.15 Å². The molecule has 0 fully saturated rings. The molecule has 24 heavy (non-hydrogen) atoms. The summed E-state index contributed by atoms with van der Waals surface area (Å²) in [6, 6.07) is 8.18. The summed E-state index contributed by atoms with van der Waals surface area (Å²) >= 11 is 0. The minimum atomic E-state index is -0.301. The van der Waals surface area contributed by atoms with Gasteiger partial charge in [0, 0.05) is 31.1 Å². The van der Waals surface area contributed by atoms with Crippen molar-refractivity contribution in [3.8, 4) is 0 Å². The molecule has 3 N–H and O–H groups in total. The number of ether oxygens (including phenoxy) is 1. The fourth-order valence-corrected chi connectivity index (χ4v) is 1.97. The molecule has 0 aliphatic carbocycles. The molecule has 0 radical (unpaired) electrons. The minimum absolute atomic E-state index is 0.277. The fraction of sp³-hybridized carbons (Fsp3) is 0.294. The van der Waals surface area contributed by atoms with Crippen molar-refractivity contribution in [1.29, 1.82) is 0 Å². The maximum absolute atomic E-state index is 12.0. The van der Waals surface area contributed by atoms with Crippen molar-refractivity contribution in [3.05, 3.63) is 48.4 Å². The van der Waals surface area contributed by atoms with Gasteiger partial charge in [0.15, 0.2) is 0 Å². The van der Waals surface area contributed by atoms with Crippen LogP contribution in [0.2, 0.25) is 0 Å². The highest BCUT2D eigenvalue weighted by Gasteiger charge is 2.08. The van der Waals surface area contributed by atoms with Gasteiger partial charge in [0.1, 0.15) is 6.26 Å². The van der Waals surface area contributed by atoms with Gasteiger partial charge < -0.3 is 25.1 Å².